The van der Waals surface area contributed by atoms with Gasteiger partial charge in [0, 0.05) is 23.2 Å². The van der Waals surface area contributed by atoms with Crippen molar-refractivity contribution < 1.29 is 13.7 Å². The van der Waals surface area contributed by atoms with E-state index in [2.05, 4.69) is 5.32 Å². The van der Waals surface area contributed by atoms with Gasteiger partial charge in [-0.05, 0) is 30.3 Å². The van der Waals surface area contributed by atoms with E-state index in [9.17, 15) is 18.9 Å². The molecule has 1 N–H and O–H groups in total. The van der Waals surface area contributed by atoms with Gasteiger partial charge in [0.05, 0.1) is 4.92 Å². The summed E-state index contributed by atoms with van der Waals surface area (Å²) in [5.41, 5.74) is 0.0247. The number of halogens is 3. The van der Waals surface area contributed by atoms with Gasteiger partial charge in [-0.3, -0.25) is 10.1 Å². The molecule has 2 aromatic carbocycles. The van der Waals surface area contributed by atoms with Crippen LogP contribution in [-0.4, -0.2) is 4.92 Å². The third-order valence-electron chi connectivity index (χ3n) is 2.63. The predicted octanol–water partition coefficient (Wildman–Crippen LogP) is 4.14. The topological polar surface area (TPSA) is 55.2 Å². The van der Waals surface area contributed by atoms with E-state index in [1.165, 1.54) is 18.2 Å². The zero-order chi connectivity index (χ0) is 14.7. The number of hydrogen-bond acceptors (Lipinski definition) is 3. The van der Waals surface area contributed by atoms with Crippen molar-refractivity contribution in [2.75, 3.05) is 5.32 Å². The number of benzene rings is 2. The van der Waals surface area contributed by atoms with Gasteiger partial charge in [0.2, 0.25) is 0 Å². The molecule has 0 radical (unpaired) electrons. The molecule has 0 spiro atoms. The highest BCUT2D eigenvalue weighted by Crippen LogP contribution is 2.28. The summed E-state index contributed by atoms with van der Waals surface area (Å²) in [6.45, 7) is -0.0925. The van der Waals surface area contributed by atoms with Gasteiger partial charge in [-0.1, -0.05) is 11.6 Å². The van der Waals surface area contributed by atoms with Crippen molar-refractivity contribution in [1.29, 1.82) is 0 Å². The van der Waals surface area contributed by atoms with Crippen LogP contribution in [0.15, 0.2) is 36.4 Å². The van der Waals surface area contributed by atoms with Gasteiger partial charge in [0.1, 0.15) is 17.3 Å². The van der Waals surface area contributed by atoms with Crippen molar-refractivity contribution in [3.05, 3.63) is 68.7 Å². The van der Waals surface area contributed by atoms with E-state index < -0.39 is 16.6 Å². The monoisotopic (exact) mass is 298 g/mol. The molecule has 0 amide bonds. The molecule has 0 heterocycles. The smallest absolute Gasteiger partial charge is 0.292 e. The van der Waals surface area contributed by atoms with E-state index in [1.54, 1.807) is 0 Å². The fourth-order valence-electron chi connectivity index (χ4n) is 1.68. The highest BCUT2D eigenvalue weighted by molar-refractivity contribution is 6.31. The lowest BCUT2D eigenvalue weighted by Gasteiger charge is -2.08. The molecule has 0 aliphatic rings. The van der Waals surface area contributed by atoms with Gasteiger partial charge in [0.15, 0.2) is 0 Å². The molecule has 0 atom stereocenters. The number of nitro groups is 1. The summed E-state index contributed by atoms with van der Waals surface area (Å²) in [4.78, 5) is 10.3. The van der Waals surface area contributed by atoms with Crippen LogP contribution < -0.4 is 5.32 Å². The Labute approximate surface area is 118 Å². The van der Waals surface area contributed by atoms with Gasteiger partial charge >= 0.3 is 0 Å². The van der Waals surface area contributed by atoms with Gasteiger partial charge < -0.3 is 5.32 Å². The Balaban J connectivity index is 2.24. The molecule has 104 valence electrons. The maximum atomic E-state index is 13.4. The molecule has 4 nitrogen and oxygen atoms in total. The van der Waals surface area contributed by atoms with Crippen molar-refractivity contribution in [2.24, 2.45) is 0 Å². The van der Waals surface area contributed by atoms with Gasteiger partial charge in [-0.2, -0.15) is 0 Å². The average molecular weight is 299 g/mol. The lowest BCUT2D eigenvalue weighted by molar-refractivity contribution is -0.384. The summed E-state index contributed by atoms with van der Waals surface area (Å²) in [6, 6.07) is 7.01. The molecule has 2 rings (SSSR count). The molecule has 0 aliphatic heterocycles. The molecule has 0 saturated heterocycles. The van der Waals surface area contributed by atoms with Crippen LogP contribution in [-0.2, 0) is 6.54 Å². The van der Waals surface area contributed by atoms with Gasteiger partial charge in [-0.15, -0.1) is 0 Å². The van der Waals surface area contributed by atoms with E-state index in [1.807, 2.05) is 0 Å². The predicted molar refractivity (Wildman–Crippen MR) is 71.8 cm³/mol. The Hall–Kier alpha value is -2.21. The molecule has 0 aliphatic carbocycles. The SMILES string of the molecule is O=[N+]([O-])c1ccc(Cl)cc1NCc1cc(F)ccc1F. The number of rotatable bonds is 4. The number of nitrogens with zero attached hydrogens (tertiary/aromatic N) is 1. The molecular weight excluding hydrogens is 290 g/mol. The largest absolute Gasteiger partial charge is 0.375 e. The van der Waals surface area contributed by atoms with Crippen LogP contribution >= 0.6 is 11.6 Å². The summed E-state index contributed by atoms with van der Waals surface area (Å²) in [6.07, 6.45) is 0. The summed E-state index contributed by atoms with van der Waals surface area (Å²) < 4.78 is 26.5. The Morgan fingerprint density at radius 2 is 1.95 bits per heavy atom. The summed E-state index contributed by atoms with van der Waals surface area (Å²) in [5, 5.41) is 13.8. The number of anilines is 1. The van der Waals surface area contributed by atoms with Gasteiger partial charge in [-0.25, -0.2) is 8.78 Å². The molecular formula is C13H9ClF2N2O2. The first-order valence-corrected chi connectivity index (χ1v) is 5.97. The zero-order valence-electron chi connectivity index (χ0n) is 10.1. The molecule has 0 bridgehead atoms. The third-order valence-corrected chi connectivity index (χ3v) is 2.87. The van der Waals surface area contributed by atoms with Crippen molar-refractivity contribution in [3.8, 4) is 0 Å². The van der Waals surface area contributed by atoms with Crippen molar-refractivity contribution >= 4 is 23.0 Å². The Kier molecular flexibility index (Phi) is 4.14. The van der Waals surface area contributed by atoms with Crippen LogP contribution in [0.3, 0.4) is 0 Å². The van der Waals surface area contributed by atoms with Gasteiger partial charge in [0.25, 0.3) is 5.69 Å². The first-order chi connectivity index (χ1) is 9.47. The fraction of sp³-hybridized carbons (Fsp3) is 0.0769. The number of hydrogen-bond donors (Lipinski definition) is 1. The minimum Gasteiger partial charge on any atom is -0.375 e. The van der Waals surface area contributed by atoms with Crippen LogP contribution in [0.5, 0.6) is 0 Å². The van der Waals surface area contributed by atoms with E-state index in [0.29, 0.717) is 5.02 Å². The van der Waals surface area contributed by atoms with Crippen molar-refractivity contribution in [3.63, 3.8) is 0 Å². The molecule has 7 heteroatoms. The minimum absolute atomic E-state index is 0.0688. The van der Waals surface area contributed by atoms with Crippen molar-refractivity contribution in [1.82, 2.24) is 0 Å². The molecule has 0 unspecified atom stereocenters. The normalized spacial score (nSPS) is 10.3. The zero-order valence-corrected chi connectivity index (χ0v) is 10.8. The third kappa shape index (κ3) is 3.21. The Morgan fingerprint density at radius 3 is 2.65 bits per heavy atom. The minimum atomic E-state index is -0.594. The Morgan fingerprint density at radius 1 is 1.20 bits per heavy atom. The highest BCUT2D eigenvalue weighted by Gasteiger charge is 2.14. The second-order valence-corrected chi connectivity index (χ2v) is 4.44. The standard InChI is InChI=1S/C13H9ClF2N2O2/c14-9-1-4-13(18(19)20)12(6-9)17-7-8-5-10(15)2-3-11(8)16/h1-6,17H,7H2. The summed E-state index contributed by atoms with van der Waals surface area (Å²) in [7, 11) is 0. The molecule has 0 aromatic heterocycles. The maximum Gasteiger partial charge on any atom is 0.292 e. The Bertz CT molecular complexity index is 665. The molecule has 2 aromatic rings. The average Bonchev–Trinajstić information content (AvgIpc) is 2.39. The van der Waals surface area contributed by atoms with E-state index in [0.717, 1.165) is 18.2 Å². The highest BCUT2D eigenvalue weighted by atomic mass is 35.5. The van der Waals surface area contributed by atoms with Crippen LogP contribution in [0, 0.1) is 21.7 Å². The second kappa shape index (κ2) is 5.83. The second-order valence-electron chi connectivity index (χ2n) is 4.01. The van der Waals surface area contributed by atoms with E-state index >= 15 is 0 Å². The van der Waals surface area contributed by atoms with Crippen LogP contribution in [0.25, 0.3) is 0 Å². The summed E-state index contributed by atoms with van der Waals surface area (Å²) >= 11 is 5.76. The van der Waals surface area contributed by atoms with Crippen molar-refractivity contribution in [2.45, 2.75) is 6.54 Å². The quantitative estimate of drug-likeness (QED) is 0.682. The van der Waals surface area contributed by atoms with E-state index in [-0.39, 0.29) is 23.5 Å². The van der Waals surface area contributed by atoms with Crippen LogP contribution in [0.4, 0.5) is 20.2 Å². The molecule has 20 heavy (non-hydrogen) atoms. The lowest BCUT2D eigenvalue weighted by Crippen LogP contribution is -2.04. The van der Waals surface area contributed by atoms with Crippen LogP contribution in [0.1, 0.15) is 5.56 Å². The molecule has 0 fully saturated rings. The number of nitrogens with one attached hydrogen (secondary N) is 1. The first kappa shape index (κ1) is 14.2. The number of nitro benzene ring substituents is 1. The van der Waals surface area contributed by atoms with Crippen LogP contribution in [0.2, 0.25) is 5.02 Å². The fourth-order valence-corrected chi connectivity index (χ4v) is 1.85. The maximum absolute atomic E-state index is 13.4. The van der Waals surface area contributed by atoms with E-state index in [4.69, 9.17) is 11.6 Å². The lowest BCUT2D eigenvalue weighted by atomic mass is 10.2. The first-order valence-electron chi connectivity index (χ1n) is 5.59. The molecule has 0 saturated carbocycles. The summed E-state index contributed by atoms with van der Waals surface area (Å²) in [5.74, 6) is -1.17.